The fourth-order valence-electron chi connectivity index (χ4n) is 1.16. The first kappa shape index (κ1) is 8.05. The van der Waals surface area contributed by atoms with Gasteiger partial charge in [0.1, 0.15) is 0 Å². The lowest BCUT2D eigenvalue weighted by atomic mass is 10.3. The fraction of sp³-hybridized carbons (Fsp3) is 0.889. The second-order valence-corrected chi connectivity index (χ2v) is 4.26. The number of nitrogens with one attached hydrogen (secondary N) is 2. The average Bonchev–Trinajstić information content (AvgIpc) is 2.87. The molecule has 0 aromatic heterocycles. The molecule has 2 saturated carbocycles. The summed E-state index contributed by atoms with van der Waals surface area (Å²) in [6, 6.07) is 0.492. The molecule has 0 spiro atoms. The van der Waals surface area contributed by atoms with Gasteiger partial charge in [-0.3, -0.25) is 4.79 Å². The molecule has 0 saturated heterocycles. The predicted octanol–water partition coefficient (Wildman–Crippen LogP) is 0.407. The third-order valence-corrected chi connectivity index (χ3v) is 2.62. The van der Waals surface area contributed by atoms with Crippen molar-refractivity contribution in [3.8, 4) is 0 Å². The molecule has 2 rings (SSSR count). The molecule has 0 bridgehead atoms. The van der Waals surface area contributed by atoms with Crippen molar-refractivity contribution in [3.05, 3.63) is 0 Å². The van der Waals surface area contributed by atoms with E-state index in [0.29, 0.717) is 12.6 Å². The average molecular weight is 168 g/mol. The summed E-state index contributed by atoms with van der Waals surface area (Å²) in [5.74, 6) is 0.158. The lowest BCUT2D eigenvalue weighted by Gasteiger charge is -2.10. The minimum atomic E-state index is 0.158. The maximum atomic E-state index is 11.2. The molecule has 0 aromatic carbocycles. The van der Waals surface area contributed by atoms with E-state index in [4.69, 9.17) is 0 Å². The molecule has 0 aromatic rings. The summed E-state index contributed by atoms with van der Waals surface area (Å²) in [4.78, 5) is 11.2. The molecular formula is C9H16N2O. The second-order valence-electron chi connectivity index (χ2n) is 4.26. The van der Waals surface area contributed by atoms with E-state index >= 15 is 0 Å². The highest BCUT2D eigenvalue weighted by Crippen LogP contribution is 2.33. The maximum absolute atomic E-state index is 11.2. The van der Waals surface area contributed by atoms with Crippen LogP contribution in [0.1, 0.15) is 32.6 Å². The first-order valence-corrected chi connectivity index (χ1v) is 4.72. The Kier molecular flexibility index (Phi) is 1.83. The van der Waals surface area contributed by atoms with Crippen LogP contribution in [-0.2, 0) is 4.79 Å². The van der Waals surface area contributed by atoms with Gasteiger partial charge in [-0.05, 0) is 32.6 Å². The monoisotopic (exact) mass is 168 g/mol. The lowest BCUT2D eigenvalue weighted by molar-refractivity contribution is -0.120. The van der Waals surface area contributed by atoms with Crippen molar-refractivity contribution >= 4 is 5.91 Å². The van der Waals surface area contributed by atoms with Crippen LogP contribution in [-0.4, -0.2) is 24.0 Å². The Balaban J connectivity index is 1.61. The molecule has 1 amide bonds. The Morgan fingerprint density at radius 2 is 2.17 bits per heavy atom. The smallest absolute Gasteiger partial charge is 0.234 e. The van der Waals surface area contributed by atoms with Gasteiger partial charge in [-0.25, -0.2) is 0 Å². The Hall–Kier alpha value is -0.570. The van der Waals surface area contributed by atoms with E-state index in [0.717, 1.165) is 0 Å². The quantitative estimate of drug-likeness (QED) is 0.638. The molecule has 2 aliphatic rings. The maximum Gasteiger partial charge on any atom is 0.234 e. The van der Waals surface area contributed by atoms with Gasteiger partial charge in [-0.15, -0.1) is 0 Å². The summed E-state index contributed by atoms with van der Waals surface area (Å²) in [5, 5.41) is 6.21. The SMILES string of the molecule is CC1(NCC(=O)NC2CC2)CC1. The van der Waals surface area contributed by atoms with Crippen LogP contribution in [0.4, 0.5) is 0 Å². The Labute approximate surface area is 72.9 Å². The molecular weight excluding hydrogens is 152 g/mol. The molecule has 68 valence electrons. The molecule has 0 radical (unpaired) electrons. The largest absolute Gasteiger partial charge is 0.352 e. The molecule has 0 unspecified atom stereocenters. The number of carbonyl (C=O) groups excluding carboxylic acids is 1. The summed E-state index contributed by atoms with van der Waals surface area (Å²) >= 11 is 0. The highest BCUT2D eigenvalue weighted by atomic mass is 16.2. The molecule has 2 N–H and O–H groups in total. The highest BCUT2D eigenvalue weighted by molar-refractivity contribution is 5.78. The molecule has 0 heterocycles. The standard InChI is InChI=1S/C9H16N2O/c1-9(4-5-9)10-6-8(12)11-7-2-3-7/h7,10H,2-6H2,1H3,(H,11,12). The molecule has 3 heteroatoms. The van der Waals surface area contributed by atoms with Crippen LogP contribution in [0, 0.1) is 0 Å². The van der Waals surface area contributed by atoms with Crippen molar-refractivity contribution in [1.82, 2.24) is 10.6 Å². The predicted molar refractivity (Wildman–Crippen MR) is 46.8 cm³/mol. The van der Waals surface area contributed by atoms with E-state index in [1.165, 1.54) is 25.7 Å². The van der Waals surface area contributed by atoms with Gasteiger partial charge in [0, 0.05) is 11.6 Å². The Morgan fingerprint density at radius 1 is 1.50 bits per heavy atom. The third kappa shape index (κ3) is 2.21. The van der Waals surface area contributed by atoms with Gasteiger partial charge in [-0.1, -0.05) is 0 Å². The Morgan fingerprint density at radius 3 is 2.67 bits per heavy atom. The van der Waals surface area contributed by atoms with E-state index in [1.807, 2.05) is 0 Å². The van der Waals surface area contributed by atoms with E-state index in [-0.39, 0.29) is 11.4 Å². The van der Waals surface area contributed by atoms with Crippen molar-refractivity contribution in [2.75, 3.05) is 6.54 Å². The first-order chi connectivity index (χ1) is 5.68. The molecule has 12 heavy (non-hydrogen) atoms. The summed E-state index contributed by atoms with van der Waals surface area (Å²) in [7, 11) is 0. The summed E-state index contributed by atoms with van der Waals surface area (Å²) in [6.07, 6.45) is 4.76. The van der Waals surface area contributed by atoms with E-state index in [2.05, 4.69) is 17.6 Å². The van der Waals surface area contributed by atoms with Gasteiger partial charge < -0.3 is 10.6 Å². The number of hydrogen-bond donors (Lipinski definition) is 2. The van der Waals surface area contributed by atoms with E-state index in [9.17, 15) is 4.79 Å². The third-order valence-electron chi connectivity index (χ3n) is 2.62. The minimum Gasteiger partial charge on any atom is -0.352 e. The van der Waals surface area contributed by atoms with Gasteiger partial charge in [0.2, 0.25) is 5.91 Å². The van der Waals surface area contributed by atoms with Gasteiger partial charge in [0.15, 0.2) is 0 Å². The number of amides is 1. The number of rotatable bonds is 4. The van der Waals surface area contributed by atoms with E-state index < -0.39 is 0 Å². The zero-order chi connectivity index (χ0) is 8.60. The Bertz CT molecular complexity index is 195. The zero-order valence-corrected chi connectivity index (χ0v) is 7.52. The summed E-state index contributed by atoms with van der Waals surface area (Å²) in [6.45, 7) is 2.66. The molecule has 0 aliphatic heterocycles. The van der Waals surface area contributed by atoms with Crippen molar-refractivity contribution < 1.29 is 4.79 Å². The van der Waals surface area contributed by atoms with Crippen LogP contribution >= 0.6 is 0 Å². The molecule has 2 aliphatic carbocycles. The molecule has 3 nitrogen and oxygen atoms in total. The second kappa shape index (κ2) is 2.73. The minimum absolute atomic E-state index is 0.158. The van der Waals surface area contributed by atoms with Crippen LogP contribution < -0.4 is 10.6 Å². The van der Waals surface area contributed by atoms with Crippen LogP contribution in [0.3, 0.4) is 0 Å². The molecule has 2 fully saturated rings. The van der Waals surface area contributed by atoms with Crippen LogP contribution in [0.25, 0.3) is 0 Å². The van der Waals surface area contributed by atoms with Gasteiger partial charge in [0.05, 0.1) is 6.54 Å². The van der Waals surface area contributed by atoms with Crippen molar-refractivity contribution in [1.29, 1.82) is 0 Å². The summed E-state index contributed by atoms with van der Waals surface area (Å²) < 4.78 is 0. The zero-order valence-electron chi connectivity index (χ0n) is 7.52. The van der Waals surface area contributed by atoms with Gasteiger partial charge in [0.25, 0.3) is 0 Å². The van der Waals surface area contributed by atoms with Crippen molar-refractivity contribution in [2.24, 2.45) is 0 Å². The van der Waals surface area contributed by atoms with Crippen LogP contribution in [0.5, 0.6) is 0 Å². The van der Waals surface area contributed by atoms with Gasteiger partial charge in [-0.2, -0.15) is 0 Å². The number of hydrogen-bond acceptors (Lipinski definition) is 2. The fourth-order valence-corrected chi connectivity index (χ4v) is 1.16. The normalized spacial score (nSPS) is 25.1. The van der Waals surface area contributed by atoms with Gasteiger partial charge >= 0.3 is 0 Å². The van der Waals surface area contributed by atoms with Crippen molar-refractivity contribution in [3.63, 3.8) is 0 Å². The molecule has 0 atom stereocenters. The number of carbonyl (C=O) groups is 1. The van der Waals surface area contributed by atoms with Crippen LogP contribution in [0.15, 0.2) is 0 Å². The summed E-state index contributed by atoms with van der Waals surface area (Å²) in [5.41, 5.74) is 0.279. The first-order valence-electron chi connectivity index (χ1n) is 4.72. The van der Waals surface area contributed by atoms with Crippen LogP contribution in [0.2, 0.25) is 0 Å². The van der Waals surface area contributed by atoms with Crippen molar-refractivity contribution in [2.45, 2.75) is 44.2 Å². The van der Waals surface area contributed by atoms with E-state index in [1.54, 1.807) is 0 Å². The lowest BCUT2D eigenvalue weighted by Crippen LogP contribution is -2.39. The highest BCUT2D eigenvalue weighted by Gasteiger charge is 2.37. The topological polar surface area (TPSA) is 41.1 Å².